The number of imidazole rings is 1. The van der Waals surface area contributed by atoms with Crippen molar-refractivity contribution in [2.45, 2.75) is 77.0 Å². The van der Waals surface area contributed by atoms with E-state index in [1.807, 2.05) is 43.9 Å². The van der Waals surface area contributed by atoms with Gasteiger partial charge >= 0.3 is 12.1 Å². The number of likely N-dealkylation sites (tertiary alicyclic amines) is 1. The lowest BCUT2D eigenvalue weighted by atomic mass is 9.95. The van der Waals surface area contributed by atoms with E-state index in [4.69, 9.17) is 14.5 Å². The second-order valence-corrected chi connectivity index (χ2v) is 13.1. The number of aromatic carboxylic acids is 1. The number of carbonyl (C=O) groups excluding carboxylic acids is 2. The van der Waals surface area contributed by atoms with Crippen molar-refractivity contribution in [1.82, 2.24) is 19.8 Å². The number of alkyl carbamates (subject to hydrolysis) is 1. The Balaban J connectivity index is 1.35. The summed E-state index contributed by atoms with van der Waals surface area (Å²) in [6.45, 7) is 7.75. The van der Waals surface area contributed by atoms with Crippen molar-refractivity contribution in [3.8, 4) is 0 Å². The number of piperidine rings is 1. The number of nitrogens with zero attached hydrogens (tertiary/aromatic N) is 3. The van der Waals surface area contributed by atoms with Crippen LogP contribution in [0.4, 0.5) is 4.79 Å². The van der Waals surface area contributed by atoms with Crippen LogP contribution in [0.5, 0.6) is 0 Å². The SMILES string of the molecule is COCCCn1c(C2CCCN(C(=O)C[C@@H](Cc3ccc4ccccc4c3)NC(=O)OC(C)(C)C)C2)nc2ccc(C(=O)O)cc21. The van der Waals surface area contributed by atoms with Gasteiger partial charge in [0, 0.05) is 51.7 Å². The van der Waals surface area contributed by atoms with Crippen molar-refractivity contribution in [3.05, 3.63) is 77.6 Å². The minimum absolute atomic E-state index is 0.0151. The van der Waals surface area contributed by atoms with Gasteiger partial charge in [0.05, 0.1) is 16.6 Å². The van der Waals surface area contributed by atoms with Crippen LogP contribution in [0.1, 0.15) is 74.1 Å². The summed E-state index contributed by atoms with van der Waals surface area (Å²) in [5.41, 5.74) is 2.07. The predicted octanol–water partition coefficient (Wildman–Crippen LogP) is 6.16. The Bertz CT molecular complexity index is 1710. The first kappa shape index (κ1) is 32.9. The maximum atomic E-state index is 13.9. The molecule has 0 bridgehead atoms. The highest BCUT2D eigenvalue weighted by Gasteiger charge is 2.31. The van der Waals surface area contributed by atoms with Crippen molar-refractivity contribution >= 4 is 39.8 Å². The first-order chi connectivity index (χ1) is 22.0. The second-order valence-electron chi connectivity index (χ2n) is 13.1. The summed E-state index contributed by atoms with van der Waals surface area (Å²) in [5.74, 6) is -0.188. The molecule has 1 aliphatic heterocycles. The first-order valence-electron chi connectivity index (χ1n) is 16.0. The van der Waals surface area contributed by atoms with Gasteiger partial charge in [-0.3, -0.25) is 4.79 Å². The lowest BCUT2D eigenvalue weighted by Gasteiger charge is -2.34. The molecule has 10 heteroatoms. The summed E-state index contributed by atoms with van der Waals surface area (Å²) < 4.78 is 12.9. The van der Waals surface area contributed by atoms with E-state index in [1.165, 1.54) is 0 Å². The van der Waals surface area contributed by atoms with E-state index in [0.29, 0.717) is 32.7 Å². The molecule has 0 spiro atoms. The van der Waals surface area contributed by atoms with Gasteiger partial charge in [-0.15, -0.1) is 0 Å². The van der Waals surface area contributed by atoms with Crippen molar-refractivity contribution in [3.63, 3.8) is 0 Å². The quantitative estimate of drug-likeness (QED) is 0.191. The lowest BCUT2D eigenvalue weighted by Crippen LogP contribution is -2.46. The summed E-state index contributed by atoms with van der Waals surface area (Å²) >= 11 is 0. The molecule has 0 aliphatic carbocycles. The van der Waals surface area contributed by atoms with E-state index in [0.717, 1.165) is 52.5 Å². The van der Waals surface area contributed by atoms with E-state index in [-0.39, 0.29) is 23.8 Å². The summed E-state index contributed by atoms with van der Waals surface area (Å²) in [5, 5.41) is 14.8. The molecule has 2 atom stereocenters. The Labute approximate surface area is 269 Å². The Morgan fingerprint density at radius 1 is 1.07 bits per heavy atom. The van der Waals surface area contributed by atoms with Gasteiger partial charge in [0.25, 0.3) is 0 Å². The number of ether oxygens (including phenoxy) is 2. The van der Waals surface area contributed by atoms with E-state index < -0.39 is 23.7 Å². The van der Waals surface area contributed by atoms with Crippen LogP contribution >= 0.6 is 0 Å². The number of carboxylic acids is 1. The minimum atomic E-state index is -0.985. The average Bonchev–Trinajstić information content (AvgIpc) is 3.38. The smallest absolute Gasteiger partial charge is 0.407 e. The third-order valence-corrected chi connectivity index (χ3v) is 8.33. The molecule has 1 saturated heterocycles. The fourth-order valence-corrected chi connectivity index (χ4v) is 6.24. The third-order valence-electron chi connectivity index (χ3n) is 8.33. The van der Waals surface area contributed by atoms with Crippen LogP contribution in [0.2, 0.25) is 0 Å². The van der Waals surface area contributed by atoms with E-state index in [1.54, 1.807) is 25.3 Å². The summed E-state index contributed by atoms with van der Waals surface area (Å²) in [4.78, 5) is 45.2. The number of carboxylic acid groups (broad SMARTS) is 1. The molecule has 0 saturated carbocycles. The zero-order chi connectivity index (χ0) is 32.8. The van der Waals surface area contributed by atoms with Crippen LogP contribution in [-0.2, 0) is 27.2 Å². The molecule has 2 amide bonds. The Morgan fingerprint density at radius 3 is 2.59 bits per heavy atom. The van der Waals surface area contributed by atoms with E-state index >= 15 is 0 Å². The second kappa shape index (κ2) is 14.3. The van der Waals surface area contributed by atoms with Crippen LogP contribution in [-0.4, -0.2) is 76.0 Å². The Kier molecular flexibility index (Phi) is 10.3. The van der Waals surface area contributed by atoms with Gasteiger partial charge in [-0.25, -0.2) is 14.6 Å². The largest absolute Gasteiger partial charge is 0.478 e. The number of hydrogen-bond donors (Lipinski definition) is 2. The van der Waals surface area contributed by atoms with Crippen LogP contribution in [0.15, 0.2) is 60.7 Å². The number of fused-ring (bicyclic) bond motifs is 2. The normalized spacial score (nSPS) is 16.0. The summed E-state index contributed by atoms with van der Waals surface area (Å²) in [7, 11) is 1.66. The highest BCUT2D eigenvalue weighted by molar-refractivity contribution is 5.92. The van der Waals surface area contributed by atoms with Crippen molar-refractivity contribution < 1.29 is 29.0 Å². The number of methoxy groups -OCH3 is 1. The highest BCUT2D eigenvalue weighted by atomic mass is 16.6. The number of aromatic nitrogens is 2. The molecule has 1 fully saturated rings. The zero-order valence-electron chi connectivity index (χ0n) is 27.1. The molecule has 0 radical (unpaired) electrons. The maximum absolute atomic E-state index is 13.9. The van der Waals surface area contributed by atoms with Gasteiger partial charge in [-0.2, -0.15) is 0 Å². The maximum Gasteiger partial charge on any atom is 0.407 e. The molecule has 46 heavy (non-hydrogen) atoms. The molecule has 5 rings (SSSR count). The molecule has 2 heterocycles. The first-order valence-corrected chi connectivity index (χ1v) is 16.0. The standard InChI is InChI=1S/C36H44N4O6/c1-36(2,3)46-35(44)37-29(20-24-12-13-25-9-5-6-10-26(25)19-24)22-32(41)39-16-7-11-28(23-39)33-38-30-15-14-27(34(42)43)21-31(30)40(33)17-8-18-45-4/h5-6,9-10,12-15,19,21,28-29H,7-8,11,16-18,20,22-23H2,1-4H3,(H,37,44)(H,42,43)/t28?,29-/m1/s1. The monoisotopic (exact) mass is 628 g/mol. The molecule has 1 unspecified atom stereocenters. The van der Waals surface area contributed by atoms with Crippen molar-refractivity contribution in [2.75, 3.05) is 26.8 Å². The number of aryl methyl sites for hydroxylation is 1. The number of benzene rings is 3. The molecule has 1 aromatic heterocycles. The van der Waals surface area contributed by atoms with Crippen LogP contribution in [0, 0.1) is 0 Å². The molecule has 3 aromatic carbocycles. The molecule has 2 N–H and O–H groups in total. The van der Waals surface area contributed by atoms with Crippen LogP contribution in [0.25, 0.3) is 21.8 Å². The van der Waals surface area contributed by atoms with Gasteiger partial charge in [-0.05, 0) is 81.0 Å². The number of hydrogen-bond acceptors (Lipinski definition) is 6. The van der Waals surface area contributed by atoms with Gasteiger partial charge in [0.15, 0.2) is 0 Å². The van der Waals surface area contributed by atoms with Crippen LogP contribution in [0.3, 0.4) is 0 Å². The van der Waals surface area contributed by atoms with Crippen molar-refractivity contribution in [2.24, 2.45) is 0 Å². The van der Waals surface area contributed by atoms with Gasteiger partial charge < -0.3 is 29.4 Å². The Hall–Kier alpha value is -4.44. The summed E-state index contributed by atoms with van der Waals surface area (Å²) in [6, 6.07) is 18.8. The van der Waals surface area contributed by atoms with Gasteiger partial charge in [0.2, 0.25) is 5.91 Å². The Morgan fingerprint density at radius 2 is 1.85 bits per heavy atom. The van der Waals surface area contributed by atoms with Gasteiger partial charge in [0.1, 0.15) is 11.4 Å². The molecule has 4 aromatic rings. The molecular formula is C36H44N4O6. The highest BCUT2D eigenvalue weighted by Crippen LogP contribution is 2.31. The lowest BCUT2D eigenvalue weighted by molar-refractivity contribution is -0.133. The van der Waals surface area contributed by atoms with E-state index in [9.17, 15) is 19.5 Å². The fraction of sp³-hybridized carbons (Fsp3) is 0.444. The third kappa shape index (κ3) is 8.23. The zero-order valence-corrected chi connectivity index (χ0v) is 27.1. The average molecular weight is 629 g/mol. The number of nitrogens with one attached hydrogen (secondary N) is 1. The van der Waals surface area contributed by atoms with Gasteiger partial charge in [-0.1, -0.05) is 42.5 Å². The predicted molar refractivity (Wildman–Crippen MR) is 177 cm³/mol. The number of rotatable bonds is 11. The molecule has 1 aliphatic rings. The van der Waals surface area contributed by atoms with E-state index in [2.05, 4.69) is 34.1 Å². The molecular weight excluding hydrogens is 584 g/mol. The number of amides is 2. The topological polar surface area (TPSA) is 123 Å². The molecule has 10 nitrogen and oxygen atoms in total. The van der Waals surface area contributed by atoms with Crippen LogP contribution < -0.4 is 5.32 Å². The minimum Gasteiger partial charge on any atom is -0.478 e. The molecule has 244 valence electrons. The number of carbonyl (C=O) groups is 3. The van der Waals surface area contributed by atoms with Crippen molar-refractivity contribution in [1.29, 1.82) is 0 Å². The fourth-order valence-electron chi connectivity index (χ4n) is 6.24. The summed E-state index contributed by atoms with van der Waals surface area (Å²) in [6.07, 6.45) is 2.48.